The molecule has 0 atom stereocenters. The Bertz CT molecular complexity index is 752. The van der Waals surface area contributed by atoms with Gasteiger partial charge in [0.25, 0.3) is 0 Å². The summed E-state index contributed by atoms with van der Waals surface area (Å²) in [5, 5.41) is 3.35. The third-order valence-corrected chi connectivity index (χ3v) is 4.11. The molecule has 0 aromatic heterocycles. The average Bonchev–Trinajstić information content (AvgIpc) is 2.64. The molecule has 0 spiro atoms. The number of nitrogens with zero attached hydrogens (tertiary/aromatic N) is 3. The summed E-state index contributed by atoms with van der Waals surface area (Å²) in [5.74, 6) is 0.909. The minimum atomic E-state index is -2.81. The van der Waals surface area contributed by atoms with Crippen molar-refractivity contribution in [1.82, 2.24) is 15.1 Å². The number of hydrogen-bond acceptors (Lipinski definition) is 3. The number of alkyl halides is 2. The molecule has 5 nitrogen and oxygen atoms in total. The minimum absolute atomic E-state index is 0. The zero-order chi connectivity index (χ0) is 20.5. The molecule has 0 saturated heterocycles. The normalized spacial score (nSPS) is 11.4. The summed E-state index contributed by atoms with van der Waals surface area (Å²) in [4.78, 5) is 8.42. The molecule has 2 aromatic rings. The van der Waals surface area contributed by atoms with Crippen LogP contribution in [0.2, 0.25) is 0 Å². The highest BCUT2D eigenvalue weighted by Gasteiger charge is 2.08. The largest absolute Gasteiger partial charge is 0.435 e. The summed E-state index contributed by atoms with van der Waals surface area (Å²) < 4.78 is 28.8. The lowest BCUT2D eigenvalue weighted by atomic mass is 10.1. The van der Waals surface area contributed by atoms with Gasteiger partial charge in [-0.3, -0.25) is 4.99 Å². The summed E-state index contributed by atoms with van der Waals surface area (Å²) in [7, 11) is 7.76. The summed E-state index contributed by atoms with van der Waals surface area (Å²) in [6, 6.07) is 15.1. The van der Waals surface area contributed by atoms with E-state index in [1.807, 2.05) is 11.9 Å². The van der Waals surface area contributed by atoms with Crippen LogP contribution in [0.4, 0.5) is 8.78 Å². The van der Waals surface area contributed by atoms with Crippen LogP contribution in [0.5, 0.6) is 5.75 Å². The highest BCUT2D eigenvalue weighted by atomic mass is 127. The average molecular weight is 518 g/mol. The van der Waals surface area contributed by atoms with Crippen molar-refractivity contribution in [1.29, 1.82) is 0 Å². The SMILES string of the molecule is CN=C(NCc1ccc(CN(C)C)cc1)N(C)Cc1ccc(OC(F)F)cc1.I. The molecular formula is C21H29F2IN4O. The van der Waals surface area contributed by atoms with Crippen molar-refractivity contribution >= 4 is 29.9 Å². The molecule has 0 heterocycles. The lowest BCUT2D eigenvalue weighted by Crippen LogP contribution is -2.38. The number of benzene rings is 2. The Kier molecular flexibility index (Phi) is 10.9. The molecule has 2 rings (SSSR count). The summed E-state index contributed by atoms with van der Waals surface area (Å²) in [6.45, 7) is -0.635. The van der Waals surface area contributed by atoms with Gasteiger partial charge in [-0.1, -0.05) is 36.4 Å². The van der Waals surface area contributed by atoms with Gasteiger partial charge in [0.2, 0.25) is 0 Å². The Labute approximate surface area is 188 Å². The number of ether oxygens (including phenoxy) is 1. The van der Waals surface area contributed by atoms with Crippen LogP contribution in [-0.2, 0) is 19.6 Å². The van der Waals surface area contributed by atoms with Crippen molar-refractivity contribution in [2.24, 2.45) is 4.99 Å². The van der Waals surface area contributed by atoms with Crippen LogP contribution in [0.25, 0.3) is 0 Å². The van der Waals surface area contributed by atoms with E-state index in [9.17, 15) is 8.78 Å². The minimum Gasteiger partial charge on any atom is -0.435 e. The Morgan fingerprint density at radius 2 is 1.45 bits per heavy atom. The lowest BCUT2D eigenvalue weighted by molar-refractivity contribution is -0.0498. The first kappa shape index (κ1) is 25.1. The van der Waals surface area contributed by atoms with E-state index in [4.69, 9.17) is 0 Å². The summed E-state index contributed by atoms with van der Waals surface area (Å²) in [6.07, 6.45) is 0. The van der Waals surface area contributed by atoms with Gasteiger partial charge in [-0.25, -0.2) is 0 Å². The van der Waals surface area contributed by atoms with Crippen LogP contribution in [0.15, 0.2) is 53.5 Å². The molecule has 0 aliphatic heterocycles. The van der Waals surface area contributed by atoms with E-state index in [0.29, 0.717) is 13.1 Å². The molecule has 0 unspecified atom stereocenters. The Balaban J connectivity index is 0.00000420. The van der Waals surface area contributed by atoms with Gasteiger partial charge < -0.3 is 19.9 Å². The van der Waals surface area contributed by atoms with Crippen LogP contribution in [0.1, 0.15) is 16.7 Å². The van der Waals surface area contributed by atoms with Crippen molar-refractivity contribution in [3.63, 3.8) is 0 Å². The fourth-order valence-corrected chi connectivity index (χ4v) is 2.82. The first-order chi connectivity index (χ1) is 13.4. The zero-order valence-electron chi connectivity index (χ0n) is 17.2. The van der Waals surface area contributed by atoms with Crippen molar-refractivity contribution < 1.29 is 13.5 Å². The van der Waals surface area contributed by atoms with E-state index < -0.39 is 6.61 Å². The topological polar surface area (TPSA) is 40.1 Å². The molecule has 0 bridgehead atoms. The maximum Gasteiger partial charge on any atom is 0.387 e. The maximum absolute atomic E-state index is 12.2. The molecule has 2 aromatic carbocycles. The fourth-order valence-electron chi connectivity index (χ4n) is 2.82. The number of rotatable bonds is 8. The second kappa shape index (κ2) is 12.6. The Morgan fingerprint density at radius 3 is 1.97 bits per heavy atom. The molecule has 1 N–H and O–H groups in total. The van der Waals surface area contributed by atoms with Crippen molar-refractivity contribution in [3.05, 3.63) is 65.2 Å². The molecule has 0 saturated carbocycles. The third kappa shape index (κ3) is 8.95. The van der Waals surface area contributed by atoms with Gasteiger partial charge in [0.15, 0.2) is 5.96 Å². The van der Waals surface area contributed by atoms with E-state index >= 15 is 0 Å². The Hall–Kier alpha value is -1.94. The van der Waals surface area contributed by atoms with Gasteiger partial charge in [0.1, 0.15) is 5.75 Å². The smallest absolute Gasteiger partial charge is 0.387 e. The van der Waals surface area contributed by atoms with E-state index in [-0.39, 0.29) is 29.7 Å². The maximum atomic E-state index is 12.2. The molecule has 160 valence electrons. The summed E-state index contributed by atoms with van der Waals surface area (Å²) in [5.41, 5.74) is 3.42. The standard InChI is InChI=1S/C21H28F2N4O.HI/c1-24-21(25-13-16-5-7-17(8-6-16)14-26(2)3)27(4)15-18-9-11-19(12-10-18)28-20(22)23;/h5-12,20H,13-15H2,1-4H3,(H,24,25);1H. The molecule has 0 amide bonds. The lowest BCUT2D eigenvalue weighted by Gasteiger charge is -2.22. The van der Waals surface area contributed by atoms with Crippen LogP contribution in [0, 0.1) is 0 Å². The van der Waals surface area contributed by atoms with Gasteiger partial charge in [-0.05, 0) is 42.9 Å². The third-order valence-electron chi connectivity index (χ3n) is 4.11. The number of halogens is 3. The number of guanidine groups is 1. The van der Waals surface area contributed by atoms with Crippen LogP contribution in [-0.4, -0.2) is 50.6 Å². The quantitative estimate of drug-likeness (QED) is 0.324. The van der Waals surface area contributed by atoms with Gasteiger partial charge in [0.05, 0.1) is 0 Å². The van der Waals surface area contributed by atoms with Gasteiger partial charge in [0, 0.05) is 33.7 Å². The molecule has 0 fully saturated rings. The van der Waals surface area contributed by atoms with Gasteiger partial charge in [-0.15, -0.1) is 24.0 Å². The van der Waals surface area contributed by atoms with Crippen molar-refractivity contribution in [2.45, 2.75) is 26.2 Å². The van der Waals surface area contributed by atoms with Crippen LogP contribution in [0.3, 0.4) is 0 Å². The first-order valence-corrected chi connectivity index (χ1v) is 9.05. The predicted octanol–water partition coefficient (Wildman–Crippen LogP) is 4.18. The molecule has 0 radical (unpaired) electrons. The van der Waals surface area contributed by atoms with Crippen molar-refractivity contribution in [2.75, 3.05) is 28.2 Å². The van der Waals surface area contributed by atoms with E-state index in [2.05, 4.69) is 58.3 Å². The second-order valence-corrected chi connectivity index (χ2v) is 6.83. The predicted molar refractivity (Wildman–Crippen MR) is 124 cm³/mol. The monoisotopic (exact) mass is 518 g/mol. The van der Waals surface area contributed by atoms with Gasteiger partial charge in [-0.2, -0.15) is 8.78 Å². The number of nitrogens with one attached hydrogen (secondary N) is 1. The first-order valence-electron chi connectivity index (χ1n) is 9.05. The van der Waals surface area contributed by atoms with Crippen LogP contribution >= 0.6 is 24.0 Å². The Morgan fingerprint density at radius 1 is 0.931 bits per heavy atom. The fraction of sp³-hybridized carbons (Fsp3) is 0.381. The van der Waals surface area contributed by atoms with Gasteiger partial charge >= 0.3 is 6.61 Å². The van der Waals surface area contributed by atoms with E-state index in [1.165, 1.54) is 11.1 Å². The highest BCUT2D eigenvalue weighted by molar-refractivity contribution is 14.0. The molecule has 29 heavy (non-hydrogen) atoms. The number of hydrogen-bond donors (Lipinski definition) is 1. The second-order valence-electron chi connectivity index (χ2n) is 6.83. The summed E-state index contributed by atoms with van der Waals surface area (Å²) >= 11 is 0. The van der Waals surface area contributed by atoms with E-state index in [1.54, 1.807) is 31.3 Å². The van der Waals surface area contributed by atoms with Crippen LogP contribution < -0.4 is 10.1 Å². The molecular weight excluding hydrogens is 489 g/mol. The molecule has 0 aliphatic carbocycles. The zero-order valence-corrected chi connectivity index (χ0v) is 19.6. The van der Waals surface area contributed by atoms with Crippen molar-refractivity contribution in [3.8, 4) is 5.75 Å². The van der Waals surface area contributed by atoms with E-state index in [0.717, 1.165) is 18.1 Å². The molecule has 0 aliphatic rings. The highest BCUT2D eigenvalue weighted by Crippen LogP contribution is 2.16. The number of aliphatic imine (C=N–C) groups is 1. The molecule has 8 heteroatoms.